The third kappa shape index (κ3) is 2.69. The van der Waals surface area contributed by atoms with Crippen LogP contribution >= 0.6 is 27.5 Å². The van der Waals surface area contributed by atoms with E-state index in [-0.39, 0.29) is 0 Å². The summed E-state index contributed by atoms with van der Waals surface area (Å²) in [5.74, 6) is 1.68. The quantitative estimate of drug-likeness (QED) is 0.806. The number of benzene rings is 1. The first-order chi connectivity index (χ1) is 8.11. The molecule has 0 spiro atoms. The van der Waals surface area contributed by atoms with Gasteiger partial charge >= 0.3 is 0 Å². The predicted octanol–water partition coefficient (Wildman–Crippen LogP) is 3.90. The van der Waals surface area contributed by atoms with Crippen molar-refractivity contribution in [3.05, 3.63) is 33.6 Å². The van der Waals surface area contributed by atoms with Gasteiger partial charge in [-0.1, -0.05) is 21.1 Å². The van der Waals surface area contributed by atoms with Gasteiger partial charge in [0.2, 0.25) is 11.7 Å². The average molecular weight is 316 g/mol. The molecule has 2 rings (SSSR count). The van der Waals surface area contributed by atoms with E-state index in [2.05, 4.69) is 26.1 Å². The van der Waals surface area contributed by atoms with Gasteiger partial charge in [0.15, 0.2) is 0 Å². The van der Waals surface area contributed by atoms with Gasteiger partial charge < -0.3 is 4.52 Å². The maximum absolute atomic E-state index is 5.63. The summed E-state index contributed by atoms with van der Waals surface area (Å²) >= 11 is 9.16. The van der Waals surface area contributed by atoms with Gasteiger partial charge in [-0.2, -0.15) is 4.98 Å². The zero-order valence-corrected chi connectivity index (χ0v) is 12.0. The summed E-state index contributed by atoms with van der Waals surface area (Å²) in [4.78, 5) is 4.30. The van der Waals surface area contributed by atoms with Crippen molar-refractivity contribution >= 4 is 27.5 Å². The van der Waals surface area contributed by atoms with Gasteiger partial charge in [0.25, 0.3) is 0 Å². The van der Waals surface area contributed by atoms with Crippen molar-refractivity contribution in [3.8, 4) is 11.4 Å². The van der Waals surface area contributed by atoms with Crippen LogP contribution in [0, 0.1) is 13.8 Å². The van der Waals surface area contributed by atoms with Crippen LogP contribution in [0.2, 0.25) is 0 Å². The SMILES string of the molecule is Cc1cc(-c2noc(CCCl)n2)cc(C)c1Br. The second-order valence-corrected chi connectivity index (χ2v) is 5.05. The Morgan fingerprint density at radius 3 is 2.53 bits per heavy atom. The fourth-order valence-electron chi connectivity index (χ4n) is 1.63. The Hall–Kier alpha value is -0.870. The molecule has 0 radical (unpaired) electrons. The van der Waals surface area contributed by atoms with Crippen LogP contribution in [0.25, 0.3) is 11.4 Å². The average Bonchev–Trinajstić information content (AvgIpc) is 2.74. The highest BCUT2D eigenvalue weighted by molar-refractivity contribution is 9.10. The molecule has 90 valence electrons. The van der Waals surface area contributed by atoms with Gasteiger partial charge in [0.05, 0.1) is 0 Å². The molecule has 1 aromatic carbocycles. The van der Waals surface area contributed by atoms with E-state index < -0.39 is 0 Å². The number of nitrogens with zero attached hydrogens (tertiary/aromatic N) is 2. The zero-order valence-electron chi connectivity index (χ0n) is 9.63. The third-order valence-corrected chi connectivity index (χ3v) is 3.91. The molecule has 2 aromatic rings. The van der Waals surface area contributed by atoms with E-state index in [1.165, 1.54) is 0 Å². The Balaban J connectivity index is 2.39. The second kappa shape index (κ2) is 5.19. The number of alkyl halides is 1. The highest BCUT2D eigenvalue weighted by atomic mass is 79.9. The number of rotatable bonds is 3. The first-order valence-electron chi connectivity index (χ1n) is 5.27. The molecule has 0 N–H and O–H groups in total. The molecule has 0 bridgehead atoms. The Morgan fingerprint density at radius 2 is 1.94 bits per heavy atom. The molecule has 5 heteroatoms. The molecule has 0 aliphatic rings. The smallest absolute Gasteiger partial charge is 0.228 e. The second-order valence-electron chi connectivity index (χ2n) is 3.87. The fraction of sp³-hybridized carbons (Fsp3) is 0.333. The Bertz CT molecular complexity index is 516. The van der Waals surface area contributed by atoms with Crippen LogP contribution in [-0.2, 0) is 6.42 Å². The normalized spacial score (nSPS) is 10.8. The molecular weight excluding hydrogens is 304 g/mol. The van der Waals surface area contributed by atoms with E-state index in [1.54, 1.807) is 0 Å². The van der Waals surface area contributed by atoms with Crippen LogP contribution < -0.4 is 0 Å². The van der Waals surface area contributed by atoms with Crippen LogP contribution in [0.15, 0.2) is 21.1 Å². The van der Waals surface area contributed by atoms with Crippen molar-refractivity contribution in [2.45, 2.75) is 20.3 Å². The summed E-state index contributed by atoms with van der Waals surface area (Å²) in [5.41, 5.74) is 3.28. The van der Waals surface area contributed by atoms with Gasteiger partial charge in [-0.15, -0.1) is 11.6 Å². The van der Waals surface area contributed by atoms with E-state index >= 15 is 0 Å². The standard InChI is InChI=1S/C12H12BrClN2O/c1-7-5-9(6-8(2)11(7)13)12-15-10(3-4-14)17-16-12/h5-6H,3-4H2,1-2H3. The lowest BCUT2D eigenvalue weighted by molar-refractivity contribution is 0.383. The Morgan fingerprint density at radius 1 is 1.29 bits per heavy atom. The molecule has 0 saturated carbocycles. The molecule has 0 amide bonds. The summed E-state index contributed by atoms with van der Waals surface area (Å²) in [6.45, 7) is 4.08. The number of aryl methyl sites for hydroxylation is 3. The summed E-state index contributed by atoms with van der Waals surface area (Å²) in [6.07, 6.45) is 0.600. The first-order valence-corrected chi connectivity index (χ1v) is 6.60. The maximum atomic E-state index is 5.63. The molecule has 0 fully saturated rings. The van der Waals surface area contributed by atoms with Gasteiger partial charge in [-0.25, -0.2) is 0 Å². The van der Waals surface area contributed by atoms with Gasteiger partial charge in [0, 0.05) is 22.3 Å². The van der Waals surface area contributed by atoms with E-state index in [4.69, 9.17) is 16.1 Å². The highest BCUT2D eigenvalue weighted by Gasteiger charge is 2.10. The van der Waals surface area contributed by atoms with E-state index in [0.717, 1.165) is 21.2 Å². The lowest BCUT2D eigenvalue weighted by Gasteiger charge is -2.04. The van der Waals surface area contributed by atoms with Crippen LogP contribution in [0.4, 0.5) is 0 Å². The van der Waals surface area contributed by atoms with Crippen LogP contribution in [0.3, 0.4) is 0 Å². The predicted molar refractivity (Wildman–Crippen MR) is 71.3 cm³/mol. The summed E-state index contributed by atoms with van der Waals surface area (Å²) in [6, 6.07) is 4.07. The van der Waals surface area contributed by atoms with Crippen molar-refractivity contribution in [1.29, 1.82) is 0 Å². The van der Waals surface area contributed by atoms with Crippen molar-refractivity contribution in [1.82, 2.24) is 10.1 Å². The maximum Gasteiger partial charge on any atom is 0.228 e. The summed E-state index contributed by atoms with van der Waals surface area (Å²) in [7, 11) is 0. The molecule has 0 saturated heterocycles. The topological polar surface area (TPSA) is 38.9 Å². The zero-order chi connectivity index (χ0) is 12.4. The summed E-state index contributed by atoms with van der Waals surface area (Å²) in [5, 5.41) is 3.96. The van der Waals surface area contributed by atoms with Crippen molar-refractivity contribution in [2.24, 2.45) is 0 Å². The molecule has 17 heavy (non-hydrogen) atoms. The minimum absolute atomic E-state index is 0.486. The third-order valence-electron chi connectivity index (χ3n) is 2.47. The minimum atomic E-state index is 0.486. The van der Waals surface area contributed by atoms with Crippen molar-refractivity contribution in [2.75, 3.05) is 5.88 Å². The molecule has 0 unspecified atom stereocenters. The molecule has 1 heterocycles. The number of hydrogen-bond acceptors (Lipinski definition) is 3. The monoisotopic (exact) mass is 314 g/mol. The lowest BCUT2D eigenvalue weighted by atomic mass is 10.1. The van der Waals surface area contributed by atoms with Gasteiger partial charge in [0.1, 0.15) is 0 Å². The van der Waals surface area contributed by atoms with Crippen molar-refractivity contribution < 1.29 is 4.52 Å². The molecule has 0 atom stereocenters. The molecule has 0 aliphatic heterocycles. The fourth-order valence-corrected chi connectivity index (χ4v) is 2.02. The summed E-state index contributed by atoms with van der Waals surface area (Å²) < 4.78 is 6.23. The Labute approximate surface area is 113 Å². The Kier molecular flexibility index (Phi) is 3.84. The minimum Gasteiger partial charge on any atom is -0.339 e. The van der Waals surface area contributed by atoms with Gasteiger partial charge in [-0.05, 0) is 37.1 Å². The number of halogens is 2. The van der Waals surface area contributed by atoms with Crippen LogP contribution in [-0.4, -0.2) is 16.0 Å². The first kappa shape index (κ1) is 12.6. The largest absolute Gasteiger partial charge is 0.339 e. The molecular formula is C12H12BrClN2O. The lowest BCUT2D eigenvalue weighted by Crippen LogP contribution is -1.89. The number of hydrogen-bond donors (Lipinski definition) is 0. The van der Waals surface area contributed by atoms with E-state index in [0.29, 0.717) is 24.0 Å². The molecule has 3 nitrogen and oxygen atoms in total. The highest BCUT2D eigenvalue weighted by Crippen LogP contribution is 2.27. The van der Waals surface area contributed by atoms with Gasteiger partial charge in [-0.3, -0.25) is 0 Å². The van der Waals surface area contributed by atoms with E-state index in [1.807, 2.05) is 26.0 Å². The van der Waals surface area contributed by atoms with E-state index in [9.17, 15) is 0 Å². The number of aromatic nitrogens is 2. The van der Waals surface area contributed by atoms with Crippen LogP contribution in [0.1, 0.15) is 17.0 Å². The molecule has 1 aromatic heterocycles. The molecule has 0 aliphatic carbocycles. The van der Waals surface area contributed by atoms with Crippen molar-refractivity contribution in [3.63, 3.8) is 0 Å². The van der Waals surface area contributed by atoms with Crippen LogP contribution in [0.5, 0.6) is 0 Å².